The number of anilines is 2. The van der Waals surface area contributed by atoms with Gasteiger partial charge in [0.05, 0.1) is 4.90 Å². The lowest BCUT2D eigenvalue weighted by Gasteiger charge is -2.07. The number of hydrogen-bond donors (Lipinski definition) is 2. The first-order chi connectivity index (χ1) is 13.4. The van der Waals surface area contributed by atoms with Crippen molar-refractivity contribution in [2.45, 2.75) is 11.8 Å². The van der Waals surface area contributed by atoms with Crippen molar-refractivity contribution in [1.29, 1.82) is 0 Å². The second kappa shape index (κ2) is 7.06. The van der Waals surface area contributed by atoms with E-state index in [1.54, 1.807) is 23.6 Å². The molecule has 0 fully saturated rings. The first kappa shape index (κ1) is 18.1. The summed E-state index contributed by atoms with van der Waals surface area (Å²) in [5.74, 6) is -0.331. The van der Waals surface area contributed by atoms with Gasteiger partial charge in [0, 0.05) is 29.0 Å². The lowest BCUT2D eigenvalue weighted by molar-refractivity contribution is 0.0998. The molecular formula is C18H14N4O4S2. The molecule has 0 aliphatic carbocycles. The van der Waals surface area contributed by atoms with E-state index in [4.69, 9.17) is 4.42 Å². The Kier molecular flexibility index (Phi) is 4.57. The van der Waals surface area contributed by atoms with Gasteiger partial charge in [-0.25, -0.2) is 18.4 Å². The van der Waals surface area contributed by atoms with Crippen molar-refractivity contribution in [1.82, 2.24) is 9.97 Å². The summed E-state index contributed by atoms with van der Waals surface area (Å²) in [5, 5.41) is 4.63. The molecule has 4 rings (SSSR count). The van der Waals surface area contributed by atoms with Crippen LogP contribution in [0.15, 0.2) is 63.4 Å². The zero-order valence-electron chi connectivity index (χ0n) is 14.5. The fourth-order valence-corrected chi connectivity index (χ4v) is 4.28. The van der Waals surface area contributed by atoms with Crippen LogP contribution < -0.4 is 10.0 Å². The standard InChI is InChI=1S/C18H14N4O4S2/c1-11-2-7-15-14(20-11)10-16(26-15)17(23)21-12-3-5-13(6-4-12)28(24,25)22-18-19-8-9-27-18/h2-10H,1H3,(H,19,22)(H,21,23). The number of rotatable bonds is 5. The highest BCUT2D eigenvalue weighted by Crippen LogP contribution is 2.21. The van der Waals surface area contributed by atoms with Crippen LogP contribution in [0.5, 0.6) is 0 Å². The van der Waals surface area contributed by atoms with E-state index in [1.165, 1.54) is 41.8 Å². The summed E-state index contributed by atoms with van der Waals surface area (Å²) in [6.45, 7) is 1.85. The minimum Gasteiger partial charge on any atom is -0.449 e. The third-order valence-corrected chi connectivity index (χ3v) is 5.99. The second-order valence-electron chi connectivity index (χ2n) is 5.87. The van der Waals surface area contributed by atoms with Crippen LogP contribution in [0.2, 0.25) is 0 Å². The van der Waals surface area contributed by atoms with Crippen molar-refractivity contribution < 1.29 is 17.6 Å². The van der Waals surface area contributed by atoms with E-state index >= 15 is 0 Å². The van der Waals surface area contributed by atoms with Gasteiger partial charge in [-0.05, 0) is 43.3 Å². The van der Waals surface area contributed by atoms with Crippen molar-refractivity contribution in [3.63, 3.8) is 0 Å². The number of carbonyl (C=O) groups is 1. The number of sulfonamides is 1. The maximum absolute atomic E-state index is 12.4. The molecule has 1 aromatic carbocycles. The molecule has 3 heterocycles. The predicted octanol–water partition coefficient (Wildman–Crippen LogP) is 3.65. The average Bonchev–Trinajstić information content (AvgIpc) is 3.31. The maximum atomic E-state index is 12.4. The van der Waals surface area contributed by atoms with Gasteiger partial charge in [-0.2, -0.15) is 0 Å². The van der Waals surface area contributed by atoms with Gasteiger partial charge < -0.3 is 9.73 Å². The van der Waals surface area contributed by atoms with Crippen LogP contribution in [-0.4, -0.2) is 24.3 Å². The third-order valence-electron chi connectivity index (χ3n) is 3.81. The van der Waals surface area contributed by atoms with Crippen LogP contribution in [0, 0.1) is 6.92 Å². The monoisotopic (exact) mass is 414 g/mol. The van der Waals surface area contributed by atoms with E-state index in [0.717, 1.165) is 5.69 Å². The number of carbonyl (C=O) groups excluding carboxylic acids is 1. The Morgan fingerprint density at radius 1 is 1.14 bits per heavy atom. The van der Waals surface area contributed by atoms with Gasteiger partial charge in [-0.15, -0.1) is 11.3 Å². The number of amides is 1. The lowest BCUT2D eigenvalue weighted by atomic mass is 10.3. The smallest absolute Gasteiger partial charge is 0.291 e. The minimum atomic E-state index is -3.74. The summed E-state index contributed by atoms with van der Waals surface area (Å²) in [6.07, 6.45) is 1.51. The number of pyridine rings is 1. The highest BCUT2D eigenvalue weighted by Gasteiger charge is 2.17. The van der Waals surface area contributed by atoms with Crippen molar-refractivity contribution in [3.8, 4) is 0 Å². The van der Waals surface area contributed by atoms with E-state index in [0.29, 0.717) is 16.8 Å². The third kappa shape index (κ3) is 3.73. The Hall–Kier alpha value is -3.24. The number of aromatic nitrogens is 2. The zero-order valence-corrected chi connectivity index (χ0v) is 16.2. The minimum absolute atomic E-state index is 0.0594. The molecule has 28 heavy (non-hydrogen) atoms. The second-order valence-corrected chi connectivity index (χ2v) is 8.44. The molecule has 0 saturated heterocycles. The predicted molar refractivity (Wildman–Crippen MR) is 106 cm³/mol. The molecule has 0 saturated carbocycles. The first-order valence-corrected chi connectivity index (χ1v) is 10.5. The van der Waals surface area contributed by atoms with Gasteiger partial charge in [0.2, 0.25) is 0 Å². The number of fused-ring (bicyclic) bond motifs is 1. The molecule has 8 nitrogen and oxygen atoms in total. The van der Waals surface area contributed by atoms with E-state index in [9.17, 15) is 13.2 Å². The van der Waals surface area contributed by atoms with Crippen molar-refractivity contribution in [3.05, 3.63) is 65.5 Å². The summed E-state index contributed by atoms with van der Waals surface area (Å²) >= 11 is 1.18. The molecule has 0 spiro atoms. The summed E-state index contributed by atoms with van der Waals surface area (Å²) in [4.78, 5) is 20.7. The molecule has 0 radical (unpaired) electrons. The topological polar surface area (TPSA) is 114 Å². The quantitative estimate of drug-likeness (QED) is 0.515. The molecule has 3 aromatic heterocycles. The molecule has 1 amide bonds. The lowest BCUT2D eigenvalue weighted by Crippen LogP contribution is -2.13. The Bertz CT molecular complexity index is 1250. The highest BCUT2D eigenvalue weighted by atomic mass is 32.2. The molecule has 0 bridgehead atoms. The summed E-state index contributed by atoms with van der Waals surface area (Å²) < 4.78 is 32.6. The number of furan rings is 1. The fourth-order valence-electron chi connectivity index (χ4n) is 2.50. The average molecular weight is 414 g/mol. The van der Waals surface area contributed by atoms with Crippen LogP contribution in [0.25, 0.3) is 11.1 Å². The van der Waals surface area contributed by atoms with Gasteiger partial charge in [0.15, 0.2) is 16.5 Å². The molecule has 0 unspecified atom stereocenters. The maximum Gasteiger partial charge on any atom is 0.291 e. The van der Waals surface area contributed by atoms with Gasteiger partial charge in [-0.3, -0.25) is 9.52 Å². The molecular weight excluding hydrogens is 400 g/mol. The van der Waals surface area contributed by atoms with Gasteiger partial charge in [0.25, 0.3) is 15.9 Å². The molecule has 0 atom stereocenters. The zero-order chi connectivity index (χ0) is 19.7. The van der Waals surface area contributed by atoms with Crippen LogP contribution in [0.1, 0.15) is 16.2 Å². The van der Waals surface area contributed by atoms with E-state index in [1.807, 2.05) is 6.92 Å². The number of nitrogens with zero attached hydrogens (tertiary/aromatic N) is 2. The molecule has 2 N–H and O–H groups in total. The van der Waals surface area contributed by atoms with E-state index < -0.39 is 15.9 Å². The highest BCUT2D eigenvalue weighted by molar-refractivity contribution is 7.93. The van der Waals surface area contributed by atoms with Crippen LogP contribution in [0.3, 0.4) is 0 Å². The van der Waals surface area contributed by atoms with Crippen LogP contribution >= 0.6 is 11.3 Å². The van der Waals surface area contributed by atoms with Gasteiger partial charge in [-0.1, -0.05) is 0 Å². The Balaban J connectivity index is 1.49. The SMILES string of the molecule is Cc1ccc2oc(C(=O)Nc3ccc(S(=O)(=O)Nc4nccs4)cc3)cc2n1. The van der Waals surface area contributed by atoms with Crippen molar-refractivity contribution >= 4 is 49.2 Å². The van der Waals surface area contributed by atoms with Crippen molar-refractivity contribution in [2.75, 3.05) is 10.0 Å². The Morgan fingerprint density at radius 2 is 1.93 bits per heavy atom. The van der Waals surface area contributed by atoms with Gasteiger partial charge in [0.1, 0.15) is 5.52 Å². The number of nitrogens with one attached hydrogen (secondary N) is 2. The van der Waals surface area contributed by atoms with E-state index in [-0.39, 0.29) is 15.8 Å². The van der Waals surface area contributed by atoms with Crippen LogP contribution in [-0.2, 0) is 10.0 Å². The molecule has 0 aliphatic rings. The number of hydrogen-bond acceptors (Lipinski definition) is 7. The van der Waals surface area contributed by atoms with E-state index in [2.05, 4.69) is 20.0 Å². The Morgan fingerprint density at radius 3 is 2.64 bits per heavy atom. The largest absolute Gasteiger partial charge is 0.449 e. The molecule has 142 valence electrons. The van der Waals surface area contributed by atoms with Crippen molar-refractivity contribution in [2.24, 2.45) is 0 Å². The number of thiazole rings is 1. The molecule has 0 aliphatic heterocycles. The first-order valence-electron chi connectivity index (χ1n) is 8.12. The summed E-state index contributed by atoms with van der Waals surface area (Å²) in [6, 6.07) is 10.9. The summed E-state index contributed by atoms with van der Waals surface area (Å²) in [5.41, 5.74) is 2.37. The number of benzene rings is 1. The number of aryl methyl sites for hydroxylation is 1. The summed E-state index contributed by atoms with van der Waals surface area (Å²) in [7, 11) is -3.74. The molecule has 4 aromatic rings. The normalized spacial score (nSPS) is 11.5. The Labute approximate surface area is 164 Å². The van der Waals surface area contributed by atoms with Gasteiger partial charge >= 0.3 is 0 Å². The fraction of sp³-hybridized carbons (Fsp3) is 0.0556. The van der Waals surface area contributed by atoms with Crippen LogP contribution in [0.4, 0.5) is 10.8 Å². The molecule has 10 heteroatoms.